The molecule has 0 saturated carbocycles. The quantitative estimate of drug-likeness (QED) is 0.757. The number of piperidine rings is 1. The van der Waals surface area contributed by atoms with Gasteiger partial charge < -0.3 is 10.4 Å². The molecule has 7 heteroatoms. The second-order valence-corrected chi connectivity index (χ2v) is 6.41. The molecule has 1 atom stereocenters. The molecule has 5 nitrogen and oxygen atoms in total. The largest absolute Gasteiger partial charge is 0.387 e. The molecule has 0 amide bonds. The Bertz CT molecular complexity index is 487. The molecule has 2 rings (SSSR count). The van der Waals surface area contributed by atoms with Gasteiger partial charge in [0.25, 0.3) is 0 Å². The monoisotopic (exact) mass is 306 g/mol. The van der Waals surface area contributed by atoms with Crippen molar-refractivity contribution in [2.45, 2.75) is 23.3 Å². The summed E-state index contributed by atoms with van der Waals surface area (Å²) in [5.41, 5.74) is -0.986. The first-order valence-corrected chi connectivity index (χ1v) is 7.48. The van der Waals surface area contributed by atoms with Gasteiger partial charge in [-0.25, -0.2) is 13.1 Å². The van der Waals surface area contributed by atoms with Crippen molar-refractivity contribution in [3.05, 3.63) is 30.3 Å². The third-order valence-electron chi connectivity index (χ3n) is 3.09. The molecule has 0 spiro atoms. The minimum Gasteiger partial charge on any atom is -0.387 e. The number of sulfonamides is 1. The number of nitrogens with one attached hydrogen (secondary N) is 2. The van der Waals surface area contributed by atoms with Crippen molar-refractivity contribution in [1.29, 1.82) is 0 Å². The van der Waals surface area contributed by atoms with E-state index < -0.39 is 15.6 Å². The standard InChI is InChI=1S/C12H18N2O3S.ClH/c15-12(7-4-8-13-9-12)10-14-18(16,17)11-5-2-1-3-6-11;/h1-3,5-6,13-15H,4,7-10H2;1H. The average molecular weight is 307 g/mol. The minimum absolute atomic E-state index is 0. The van der Waals surface area contributed by atoms with Crippen LogP contribution in [0.25, 0.3) is 0 Å². The molecule has 0 bridgehead atoms. The summed E-state index contributed by atoms with van der Waals surface area (Å²) in [4.78, 5) is 0.220. The fraction of sp³-hybridized carbons (Fsp3) is 0.500. The summed E-state index contributed by atoms with van der Waals surface area (Å²) in [6.07, 6.45) is 1.46. The number of hydrogen-bond donors (Lipinski definition) is 3. The van der Waals surface area contributed by atoms with Crippen molar-refractivity contribution in [3.8, 4) is 0 Å². The zero-order valence-corrected chi connectivity index (χ0v) is 12.1. The van der Waals surface area contributed by atoms with Crippen LogP contribution in [0.4, 0.5) is 0 Å². The van der Waals surface area contributed by atoms with Crippen molar-refractivity contribution in [1.82, 2.24) is 10.0 Å². The van der Waals surface area contributed by atoms with E-state index in [0.29, 0.717) is 13.0 Å². The first kappa shape index (κ1) is 16.4. The van der Waals surface area contributed by atoms with E-state index in [4.69, 9.17) is 0 Å². The molecular weight excluding hydrogens is 288 g/mol. The Balaban J connectivity index is 0.00000180. The number of aliphatic hydroxyl groups is 1. The van der Waals surface area contributed by atoms with Crippen LogP contribution in [0.2, 0.25) is 0 Å². The zero-order chi connectivity index (χ0) is 13.1. The minimum atomic E-state index is -3.54. The summed E-state index contributed by atoms with van der Waals surface area (Å²) in [5.74, 6) is 0. The Hall–Kier alpha value is -0.660. The van der Waals surface area contributed by atoms with Gasteiger partial charge in [0.1, 0.15) is 0 Å². The highest BCUT2D eigenvalue weighted by Crippen LogP contribution is 2.16. The maximum atomic E-state index is 12.0. The average Bonchev–Trinajstić information content (AvgIpc) is 2.39. The Morgan fingerprint density at radius 2 is 2.00 bits per heavy atom. The summed E-state index contributed by atoms with van der Waals surface area (Å²) in [5, 5.41) is 13.3. The smallest absolute Gasteiger partial charge is 0.240 e. The van der Waals surface area contributed by atoms with Crippen LogP contribution in [0.3, 0.4) is 0 Å². The van der Waals surface area contributed by atoms with Crippen LogP contribution in [0, 0.1) is 0 Å². The van der Waals surface area contributed by atoms with Gasteiger partial charge in [-0.1, -0.05) is 18.2 Å². The van der Waals surface area contributed by atoms with Crippen LogP contribution in [-0.2, 0) is 10.0 Å². The molecule has 1 unspecified atom stereocenters. The van der Waals surface area contributed by atoms with Crippen molar-refractivity contribution < 1.29 is 13.5 Å². The van der Waals surface area contributed by atoms with Crippen LogP contribution in [-0.4, -0.2) is 38.8 Å². The second-order valence-electron chi connectivity index (χ2n) is 4.64. The van der Waals surface area contributed by atoms with Crippen molar-refractivity contribution >= 4 is 22.4 Å². The highest BCUT2D eigenvalue weighted by Gasteiger charge is 2.30. The van der Waals surface area contributed by atoms with Crippen LogP contribution in [0.5, 0.6) is 0 Å². The highest BCUT2D eigenvalue weighted by molar-refractivity contribution is 7.89. The van der Waals surface area contributed by atoms with E-state index in [1.165, 1.54) is 12.1 Å². The fourth-order valence-corrected chi connectivity index (χ4v) is 3.16. The van der Waals surface area contributed by atoms with E-state index in [9.17, 15) is 13.5 Å². The van der Waals surface area contributed by atoms with Crippen LogP contribution in [0.1, 0.15) is 12.8 Å². The van der Waals surface area contributed by atoms with E-state index in [0.717, 1.165) is 13.0 Å². The molecule has 0 radical (unpaired) electrons. The third kappa shape index (κ3) is 4.43. The fourth-order valence-electron chi connectivity index (χ4n) is 2.02. The van der Waals surface area contributed by atoms with Crippen molar-refractivity contribution in [3.63, 3.8) is 0 Å². The predicted octanol–water partition coefficient (Wildman–Crippen LogP) is 0.501. The molecule has 1 fully saturated rings. The normalized spacial score (nSPS) is 23.6. The summed E-state index contributed by atoms with van der Waals surface area (Å²) < 4.78 is 26.4. The van der Waals surface area contributed by atoms with Gasteiger partial charge in [0.15, 0.2) is 0 Å². The zero-order valence-electron chi connectivity index (χ0n) is 10.5. The molecule has 3 N–H and O–H groups in total. The topological polar surface area (TPSA) is 78.4 Å². The number of benzene rings is 1. The summed E-state index contributed by atoms with van der Waals surface area (Å²) in [6.45, 7) is 1.33. The number of hydrogen-bond acceptors (Lipinski definition) is 4. The van der Waals surface area contributed by atoms with Gasteiger partial charge in [-0.05, 0) is 31.5 Å². The van der Waals surface area contributed by atoms with Gasteiger partial charge >= 0.3 is 0 Å². The molecule has 1 saturated heterocycles. The molecule has 1 heterocycles. The third-order valence-corrected chi connectivity index (χ3v) is 4.51. The maximum absolute atomic E-state index is 12.0. The molecule has 0 aromatic heterocycles. The Morgan fingerprint density at radius 3 is 2.58 bits per heavy atom. The molecule has 1 aliphatic rings. The molecule has 19 heavy (non-hydrogen) atoms. The van der Waals surface area contributed by atoms with Gasteiger partial charge in [-0.15, -0.1) is 12.4 Å². The van der Waals surface area contributed by atoms with E-state index in [2.05, 4.69) is 10.0 Å². The SMILES string of the molecule is Cl.O=S(=O)(NCC1(O)CCCNC1)c1ccccc1. The molecule has 1 aromatic rings. The summed E-state index contributed by atoms with van der Waals surface area (Å²) in [7, 11) is -3.54. The van der Waals surface area contributed by atoms with Gasteiger partial charge in [0.2, 0.25) is 10.0 Å². The van der Waals surface area contributed by atoms with Crippen LogP contribution < -0.4 is 10.0 Å². The first-order valence-electron chi connectivity index (χ1n) is 6.00. The lowest BCUT2D eigenvalue weighted by Crippen LogP contribution is -2.52. The first-order chi connectivity index (χ1) is 8.52. The number of rotatable bonds is 4. The van der Waals surface area contributed by atoms with E-state index >= 15 is 0 Å². The Labute approximate surface area is 119 Å². The van der Waals surface area contributed by atoms with Crippen molar-refractivity contribution in [2.75, 3.05) is 19.6 Å². The molecule has 1 aliphatic heterocycles. The molecule has 1 aromatic carbocycles. The number of β-amino-alcohol motifs (C(OH)–C–C–N with tert-alkyl or cyclic N) is 1. The molecular formula is C12H19ClN2O3S. The van der Waals surface area contributed by atoms with Crippen LogP contribution in [0.15, 0.2) is 35.2 Å². The van der Waals surface area contributed by atoms with Crippen molar-refractivity contribution in [2.24, 2.45) is 0 Å². The maximum Gasteiger partial charge on any atom is 0.240 e. The van der Waals surface area contributed by atoms with E-state index in [-0.39, 0.29) is 23.8 Å². The van der Waals surface area contributed by atoms with Crippen LogP contribution >= 0.6 is 12.4 Å². The van der Waals surface area contributed by atoms with Gasteiger partial charge in [0, 0.05) is 13.1 Å². The molecule has 108 valence electrons. The second kappa shape index (κ2) is 6.67. The molecule has 0 aliphatic carbocycles. The number of halogens is 1. The van der Waals surface area contributed by atoms with E-state index in [1.54, 1.807) is 18.2 Å². The van der Waals surface area contributed by atoms with Gasteiger partial charge in [-0.2, -0.15) is 0 Å². The predicted molar refractivity (Wildman–Crippen MR) is 75.9 cm³/mol. The lowest BCUT2D eigenvalue weighted by atomic mass is 9.95. The van der Waals surface area contributed by atoms with Gasteiger partial charge in [-0.3, -0.25) is 0 Å². The lowest BCUT2D eigenvalue weighted by molar-refractivity contribution is 0.0218. The van der Waals surface area contributed by atoms with Gasteiger partial charge in [0.05, 0.1) is 10.5 Å². The summed E-state index contributed by atoms with van der Waals surface area (Å²) >= 11 is 0. The lowest BCUT2D eigenvalue weighted by Gasteiger charge is -2.32. The highest BCUT2D eigenvalue weighted by atomic mass is 35.5. The van der Waals surface area contributed by atoms with E-state index in [1.807, 2.05) is 0 Å². The Morgan fingerprint density at radius 1 is 1.32 bits per heavy atom. The summed E-state index contributed by atoms with van der Waals surface area (Å²) in [6, 6.07) is 8.17. The Kier molecular flexibility index (Phi) is 5.76.